The fraction of sp³-hybridized carbons (Fsp3) is 0.952. The van der Waals surface area contributed by atoms with Crippen LogP contribution in [0.5, 0.6) is 0 Å². The Bertz CT molecular complexity index is 1060. The maximum atomic E-state index is 12.8. The maximum Gasteiger partial charge on any atom is 0.305 e. The molecule has 71 heavy (non-hydrogen) atoms. The molecule has 0 saturated heterocycles. The normalized spacial score (nSPS) is 12.5. The van der Waals surface area contributed by atoms with Crippen molar-refractivity contribution in [3.8, 4) is 0 Å². The lowest BCUT2D eigenvalue weighted by molar-refractivity contribution is -0.146. The molecule has 8 nitrogen and oxygen atoms in total. The molecule has 0 aromatic carbocycles. The monoisotopic (exact) mass is 1000 g/mol. The molecule has 0 aliphatic heterocycles. The third kappa shape index (κ3) is 51.6. The second-order valence-electron chi connectivity index (χ2n) is 22.3. The summed E-state index contributed by atoms with van der Waals surface area (Å²) in [4.78, 5) is 43.0. The number of rotatable bonds is 58. The van der Waals surface area contributed by atoms with Crippen molar-refractivity contribution in [2.75, 3.05) is 59.5 Å². The van der Waals surface area contributed by atoms with Crippen molar-refractivity contribution in [3.05, 3.63) is 0 Å². The van der Waals surface area contributed by atoms with Crippen molar-refractivity contribution in [1.29, 1.82) is 0 Å². The van der Waals surface area contributed by atoms with E-state index in [0.29, 0.717) is 50.9 Å². The predicted molar refractivity (Wildman–Crippen MR) is 307 cm³/mol. The smallest absolute Gasteiger partial charge is 0.305 e. The third-order valence-electron chi connectivity index (χ3n) is 15.2. The molecule has 0 aliphatic carbocycles. The van der Waals surface area contributed by atoms with E-state index in [0.717, 1.165) is 71.2 Å². The van der Waals surface area contributed by atoms with Gasteiger partial charge < -0.3 is 24.6 Å². The summed E-state index contributed by atoms with van der Waals surface area (Å²) in [5, 5.41) is 3.17. The van der Waals surface area contributed by atoms with Gasteiger partial charge in [0, 0.05) is 45.4 Å². The van der Waals surface area contributed by atoms with Gasteiger partial charge in [-0.25, -0.2) is 0 Å². The highest BCUT2D eigenvalue weighted by Crippen LogP contribution is 2.22. The van der Waals surface area contributed by atoms with Gasteiger partial charge in [-0.2, -0.15) is 0 Å². The van der Waals surface area contributed by atoms with Gasteiger partial charge >= 0.3 is 11.9 Å². The van der Waals surface area contributed by atoms with Crippen molar-refractivity contribution < 1.29 is 23.9 Å². The minimum absolute atomic E-state index is 0.00480. The average molecular weight is 1000 g/mol. The molecule has 0 aromatic rings. The molecule has 1 amide bonds. The van der Waals surface area contributed by atoms with Gasteiger partial charge in [-0.3, -0.25) is 14.4 Å². The van der Waals surface area contributed by atoms with E-state index in [4.69, 9.17) is 9.47 Å². The number of amides is 1. The summed E-state index contributed by atoms with van der Waals surface area (Å²) in [6.45, 7) is 18.4. The molecule has 2 unspecified atom stereocenters. The van der Waals surface area contributed by atoms with Gasteiger partial charge in [0.05, 0.1) is 13.2 Å². The molecular weight excluding hydrogens is 879 g/mol. The van der Waals surface area contributed by atoms with E-state index in [1.807, 2.05) is 0 Å². The Labute approximate surface area is 443 Å². The zero-order valence-corrected chi connectivity index (χ0v) is 48.9. The lowest BCUT2D eigenvalue weighted by atomic mass is 9.95. The van der Waals surface area contributed by atoms with E-state index in [-0.39, 0.29) is 17.8 Å². The quantitative estimate of drug-likeness (QED) is 0.0480. The summed E-state index contributed by atoms with van der Waals surface area (Å²) in [6, 6.07) is 0. The molecule has 0 saturated carbocycles. The lowest BCUT2D eigenvalue weighted by Gasteiger charge is -2.26. The van der Waals surface area contributed by atoms with Gasteiger partial charge in [0.1, 0.15) is 0 Å². The number of nitrogens with one attached hydrogen (secondary N) is 1. The Kier molecular flexibility index (Phi) is 54.7. The maximum absolute atomic E-state index is 12.8. The number of hydrogen-bond donors (Lipinski definition) is 1. The number of likely N-dealkylation sites (N-methyl/N-ethyl adjacent to an activating group) is 1. The van der Waals surface area contributed by atoms with E-state index in [9.17, 15) is 14.4 Å². The summed E-state index contributed by atoms with van der Waals surface area (Å²) < 4.78 is 11.8. The van der Waals surface area contributed by atoms with Crippen molar-refractivity contribution in [1.82, 2.24) is 15.1 Å². The summed E-state index contributed by atoms with van der Waals surface area (Å²) in [5.41, 5.74) is 0. The first-order valence-electron chi connectivity index (χ1n) is 31.8. The first-order chi connectivity index (χ1) is 34.8. The van der Waals surface area contributed by atoms with Gasteiger partial charge in [-0.1, -0.05) is 240 Å². The van der Waals surface area contributed by atoms with Gasteiger partial charge in [0.2, 0.25) is 5.91 Å². The Morgan fingerprint density at radius 3 is 1.04 bits per heavy atom. The Morgan fingerprint density at radius 1 is 0.352 bits per heavy atom. The summed E-state index contributed by atoms with van der Waals surface area (Å²) in [5.74, 6) is 1.26. The minimum Gasteiger partial charge on any atom is -0.465 e. The van der Waals surface area contributed by atoms with Crippen LogP contribution < -0.4 is 5.32 Å². The van der Waals surface area contributed by atoms with E-state index in [1.54, 1.807) is 0 Å². The molecule has 0 heterocycles. The molecule has 422 valence electrons. The molecule has 0 rings (SSSR count). The number of unbranched alkanes of at least 4 members (excludes halogenated alkanes) is 30. The van der Waals surface area contributed by atoms with Crippen LogP contribution in [-0.2, 0) is 23.9 Å². The second-order valence-corrected chi connectivity index (χ2v) is 22.3. The molecule has 2 atom stereocenters. The Morgan fingerprint density at radius 2 is 0.662 bits per heavy atom. The predicted octanol–water partition coefficient (Wildman–Crippen LogP) is 17.9. The highest BCUT2D eigenvalue weighted by molar-refractivity contribution is 5.75. The summed E-state index contributed by atoms with van der Waals surface area (Å²) in [7, 11) is 2.18. The third-order valence-corrected chi connectivity index (χ3v) is 15.2. The van der Waals surface area contributed by atoms with Crippen LogP contribution in [0.25, 0.3) is 0 Å². The number of carbonyl (C=O) groups excluding carboxylic acids is 3. The zero-order valence-electron chi connectivity index (χ0n) is 48.9. The SMILES string of the molecule is CCCCCCCCCC(=O)NCCN(C)CCN(CCCCCCCC(=O)OCC(CCCCCC)CCCCCCCC)CCCCCCCC(=O)OCC(CCCCCC)CCCCCCCC. The standard InChI is InChI=1S/C63H125N3O5/c1-7-12-17-22-25-30-39-48-61(67)64-51-54-65(6)55-56-66(52-42-33-26-31-40-49-62(68)70-57-59(44-35-20-15-10-4)46-37-28-23-18-13-8-2)53-43-34-27-32-41-50-63(69)71-58-60(45-36-21-16-11-5)47-38-29-24-19-14-9-3/h59-60H,7-58H2,1-6H3,(H,64,67). The number of esters is 2. The van der Waals surface area contributed by atoms with E-state index in [2.05, 4.69) is 56.8 Å². The van der Waals surface area contributed by atoms with Crippen LogP contribution in [0.4, 0.5) is 0 Å². The van der Waals surface area contributed by atoms with E-state index < -0.39 is 0 Å². The van der Waals surface area contributed by atoms with Crippen LogP contribution in [0.1, 0.15) is 317 Å². The number of nitrogens with zero attached hydrogens (tertiary/aromatic N) is 2. The molecule has 1 N–H and O–H groups in total. The van der Waals surface area contributed by atoms with E-state index >= 15 is 0 Å². The van der Waals surface area contributed by atoms with Gasteiger partial charge in [0.15, 0.2) is 0 Å². The number of carbonyl (C=O) groups is 3. The van der Waals surface area contributed by atoms with Crippen molar-refractivity contribution in [2.24, 2.45) is 11.8 Å². The largest absolute Gasteiger partial charge is 0.465 e. The summed E-state index contributed by atoms with van der Waals surface area (Å²) >= 11 is 0. The minimum atomic E-state index is 0.00480. The van der Waals surface area contributed by atoms with Crippen molar-refractivity contribution >= 4 is 17.8 Å². The molecule has 0 aliphatic rings. The van der Waals surface area contributed by atoms with Crippen LogP contribution in [0.2, 0.25) is 0 Å². The van der Waals surface area contributed by atoms with Gasteiger partial charge in [-0.15, -0.1) is 0 Å². The highest BCUT2D eigenvalue weighted by Gasteiger charge is 2.15. The van der Waals surface area contributed by atoms with Crippen molar-refractivity contribution in [3.63, 3.8) is 0 Å². The van der Waals surface area contributed by atoms with Gasteiger partial charge in [0.25, 0.3) is 0 Å². The fourth-order valence-corrected chi connectivity index (χ4v) is 10.1. The topological polar surface area (TPSA) is 88.2 Å². The zero-order chi connectivity index (χ0) is 51.9. The van der Waals surface area contributed by atoms with Crippen molar-refractivity contribution in [2.45, 2.75) is 317 Å². The molecule has 0 fully saturated rings. The summed E-state index contributed by atoms with van der Waals surface area (Å²) in [6.07, 6.45) is 52.4. The molecule has 0 aromatic heterocycles. The van der Waals surface area contributed by atoms with E-state index in [1.165, 1.54) is 225 Å². The van der Waals surface area contributed by atoms with Crippen LogP contribution in [-0.4, -0.2) is 87.2 Å². The van der Waals surface area contributed by atoms with Crippen LogP contribution in [0, 0.1) is 11.8 Å². The Balaban J connectivity index is 4.77. The number of hydrogen-bond acceptors (Lipinski definition) is 7. The molecule has 0 bridgehead atoms. The number of ether oxygens (including phenoxy) is 2. The van der Waals surface area contributed by atoms with Crippen LogP contribution in [0.15, 0.2) is 0 Å². The molecule has 0 radical (unpaired) electrons. The van der Waals surface area contributed by atoms with Crippen LogP contribution in [0.3, 0.4) is 0 Å². The van der Waals surface area contributed by atoms with Gasteiger partial charge in [-0.05, 0) is 89.8 Å². The highest BCUT2D eigenvalue weighted by atomic mass is 16.5. The molecule has 8 heteroatoms. The molecular formula is C63H125N3O5. The van der Waals surface area contributed by atoms with Crippen LogP contribution >= 0.6 is 0 Å². The first kappa shape index (κ1) is 69.3. The average Bonchev–Trinajstić information content (AvgIpc) is 3.36. The molecule has 0 spiro atoms. The Hall–Kier alpha value is -1.67. The second kappa shape index (κ2) is 56.1. The lowest BCUT2D eigenvalue weighted by Crippen LogP contribution is -2.38. The first-order valence-corrected chi connectivity index (χ1v) is 31.8. The fourth-order valence-electron chi connectivity index (χ4n) is 10.1.